The highest BCUT2D eigenvalue weighted by Crippen LogP contribution is 2.15. The van der Waals surface area contributed by atoms with E-state index in [4.69, 9.17) is 10.5 Å². The second-order valence-corrected chi connectivity index (χ2v) is 4.71. The van der Waals surface area contributed by atoms with E-state index in [0.717, 1.165) is 19.5 Å². The molecule has 0 bridgehead atoms. The Morgan fingerprint density at radius 2 is 2.38 bits per heavy atom. The fraction of sp³-hybridized carbons (Fsp3) is 0.909. The first kappa shape index (κ1) is 13.4. The van der Waals surface area contributed by atoms with Crippen molar-refractivity contribution in [3.8, 4) is 0 Å². The van der Waals surface area contributed by atoms with Crippen molar-refractivity contribution in [3.05, 3.63) is 0 Å². The van der Waals surface area contributed by atoms with Crippen LogP contribution >= 0.6 is 0 Å². The summed E-state index contributed by atoms with van der Waals surface area (Å²) >= 11 is 0. The first-order valence-electron chi connectivity index (χ1n) is 5.78. The van der Waals surface area contributed by atoms with E-state index < -0.39 is 6.04 Å². The normalized spacial score (nSPS) is 28.8. The lowest BCUT2D eigenvalue weighted by atomic mass is 9.94. The van der Waals surface area contributed by atoms with Crippen molar-refractivity contribution in [1.29, 1.82) is 0 Å². The molecule has 0 aliphatic carbocycles. The van der Waals surface area contributed by atoms with Crippen molar-refractivity contribution in [3.63, 3.8) is 0 Å². The maximum Gasteiger partial charge on any atom is 0.239 e. The monoisotopic (exact) mass is 229 g/mol. The molecule has 1 fully saturated rings. The Morgan fingerprint density at radius 1 is 1.69 bits per heavy atom. The van der Waals surface area contributed by atoms with Gasteiger partial charge in [-0.05, 0) is 25.9 Å². The molecule has 1 heterocycles. The van der Waals surface area contributed by atoms with Gasteiger partial charge in [0.25, 0.3) is 0 Å². The van der Waals surface area contributed by atoms with Gasteiger partial charge in [0.05, 0.1) is 6.61 Å². The third kappa shape index (κ3) is 3.73. The van der Waals surface area contributed by atoms with Crippen molar-refractivity contribution in [1.82, 2.24) is 10.2 Å². The molecular formula is C11H23N3O2. The quantitative estimate of drug-likeness (QED) is 0.676. The van der Waals surface area contributed by atoms with Crippen LogP contribution < -0.4 is 11.1 Å². The van der Waals surface area contributed by atoms with Crippen molar-refractivity contribution in [2.75, 3.05) is 33.9 Å². The van der Waals surface area contributed by atoms with Crippen LogP contribution in [0.2, 0.25) is 0 Å². The van der Waals surface area contributed by atoms with Crippen LogP contribution in [0.3, 0.4) is 0 Å². The first-order valence-corrected chi connectivity index (χ1v) is 5.78. The summed E-state index contributed by atoms with van der Waals surface area (Å²) in [6.45, 7) is 4.47. The van der Waals surface area contributed by atoms with Crippen LogP contribution in [0.5, 0.6) is 0 Å². The topological polar surface area (TPSA) is 67.6 Å². The average Bonchev–Trinajstić information content (AvgIpc) is 2.22. The third-order valence-corrected chi connectivity index (χ3v) is 3.12. The number of amides is 1. The van der Waals surface area contributed by atoms with Crippen LogP contribution in [0.15, 0.2) is 0 Å². The zero-order valence-electron chi connectivity index (χ0n) is 10.4. The number of ether oxygens (including phenoxy) is 1. The van der Waals surface area contributed by atoms with E-state index in [0.29, 0.717) is 5.92 Å². The number of nitrogens with one attached hydrogen (secondary N) is 1. The lowest BCUT2D eigenvalue weighted by Gasteiger charge is -2.35. The molecule has 0 saturated carbocycles. The van der Waals surface area contributed by atoms with Gasteiger partial charge in [-0.3, -0.25) is 4.79 Å². The number of carbonyl (C=O) groups is 1. The van der Waals surface area contributed by atoms with Crippen LogP contribution in [0.1, 0.15) is 13.3 Å². The molecule has 0 spiro atoms. The maximum absolute atomic E-state index is 11.7. The molecule has 1 saturated heterocycles. The summed E-state index contributed by atoms with van der Waals surface area (Å²) < 4.78 is 4.86. The van der Waals surface area contributed by atoms with Crippen LogP contribution in [-0.4, -0.2) is 56.7 Å². The SMILES string of the molecule is COCC(N)C(=O)NC1CCN(C)CC1C. The molecule has 5 heteroatoms. The molecule has 0 aromatic carbocycles. The van der Waals surface area contributed by atoms with Crippen molar-refractivity contribution < 1.29 is 9.53 Å². The highest BCUT2D eigenvalue weighted by atomic mass is 16.5. The Labute approximate surface area is 97.3 Å². The second-order valence-electron chi connectivity index (χ2n) is 4.71. The molecule has 3 unspecified atom stereocenters. The van der Waals surface area contributed by atoms with Gasteiger partial charge in [0.15, 0.2) is 0 Å². The zero-order chi connectivity index (χ0) is 12.1. The van der Waals surface area contributed by atoms with Crippen molar-refractivity contribution >= 4 is 5.91 Å². The summed E-state index contributed by atoms with van der Waals surface area (Å²) in [5.41, 5.74) is 5.67. The minimum atomic E-state index is -0.558. The van der Waals surface area contributed by atoms with Gasteiger partial charge in [-0.1, -0.05) is 6.92 Å². The number of rotatable bonds is 4. The molecule has 1 aliphatic heterocycles. The fourth-order valence-corrected chi connectivity index (χ4v) is 2.11. The molecule has 1 aliphatic rings. The smallest absolute Gasteiger partial charge is 0.239 e. The average molecular weight is 229 g/mol. The summed E-state index contributed by atoms with van der Waals surface area (Å²) in [5, 5.41) is 3.00. The molecule has 0 radical (unpaired) electrons. The molecule has 1 amide bonds. The molecule has 0 aromatic rings. The minimum Gasteiger partial charge on any atom is -0.383 e. The Kier molecular flexibility index (Phi) is 5.18. The highest BCUT2D eigenvalue weighted by Gasteiger charge is 2.26. The number of nitrogens with two attached hydrogens (primary N) is 1. The predicted octanol–water partition coefficient (Wildman–Crippen LogP) is -0.583. The summed E-state index contributed by atoms with van der Waals surface area (Å²) in [6, 6.07) is -0.316. The second kappa shape index (κ2) is 6.18. The number of piperidine rings is 1. The minimum absolute atomic E-state index is 0.108. The van der Waals surface area contributed by atoms with Gasteiger partial charge >= 0.3 is 0 Å². The number of methoxy groups -OCH3 is 1. The van der Waals surface area contributed by atoms with Crippen LogP contribution in [-0.2, 0) is 9.53 Å². The van der Waals surface area contributed by atoms with E-state index in [1.54, 1.807) is 7.11 Å². The number of carbonyl (C=O) groups excluding carboxylic acids is 1. The lowest BCUT2D eigenvalue weighted by molar-refractivity contribution is -0.124. The van der Waals surface area contributed by atoms with E-state index in [2.05, 4.69) is 24.2 Å². The Balaban J connectivity index is 2.38. The largest absolute Gasteiger partial charge is 0.383 e. The van der Waals surface area contributed by atoms with Crippen LogP contribution in [0.4, 0.5) is 0 Å². The predicted molar refractivity (Wildman–Crippen MR) is 63.1 cm³/mol. The molecule has 16 heavy (non-hydrogen) atoms. The Bertz CT molecular complexity index is 235. The van der Waals surface area contributed by atoms with E-state index >= 15 is 0 Å². The molecule has 1 rings (SSSR count). The number of nitrogens with zero attached hydrogens (tertiary/aromatic N) is 1. The van der Waals surface area contributed by atoms with E-state index in [9.17, 15) is 4.79 Å². The van der Waals surface area contributed by atoms with Crippen molar-refractivity contribution in [2.45, 2.75) is 25.4 Å². The van der Waals surface area contributed by atoms with Gasteiger partial charge in [-0.25, -0.2) is 0 Å². The summed E-state index contributed by atoms with van der Waals surface area (Å²) in [6.07, 6.45) is 0.989. The summed E-state index contributed by atoms with van der Waals surface area (Å²) in [4.78, 5) is 14.0. The fourth-order valence-electron chi connectivity index (χ4n) is 2.11. The summed E-state index contributed by atoms with van der Waals surface area (Å²) in [5.74, 6) is 0.362. The number of hydrogen-bond donors (Lipinski definition) is 2. The maximum atomic E-state index is 11.7. The van der Waals surface area contributed by atoms with Crippen LogP contribution in [0.25, 0.3) is 0 Å². The van der Waals surface area contributed by atoms with Gasteiger partial charge in [0, 0.05) is 19.7 Å². The van der Waals surface area contributed by atoms with E-state index in [1.165, 1.54) is 0 Å². The lowest BCUT2D eigenvalue weighted by Crippen LogP contribution is -2.53. The van der Waals surface area contributed by atoms with Gasteiger partial charge in [0.2, 0.25) is 5.91 Å². The van der Waals surface area contributed by atoms with Gasteiger partial charge in [0.1, 0.15) is 6.04 Å². The number of hydrogen-bond acceptors (Lipinski definition) is 4. The van der Waals surface area contributed by atoms with E-state index in [-0.39, 0.29) is 18.6 Å². The molecule has 94 valence electrons. The van der Waals surface area contributed by atoms with Gasteiger partial charge in [-0.2, -0.15) is 0 Å². The molecule has 3 atom stereocenters. The molecule has 0 aromatic heterocycles. The first-order chi connectivity index (χ1) is 7.54. The molecular weight excluding hydrogens is 206 g/mol. The molecule has 3 N–H and O–H groups in total. The van der Waals surface area contributed by atoms with Gasteiger partial charge < -0.3 is 20.7 Å². The number of likely N-dealkylation sites (tertiary alicyclic amines) is 1. The zero-order valence-corrected chi connectivity index (χ0v) is 10.4. The van der Waals surface area contributed by atoms with Crippen LogP contribution in [0, 0.1) is 5.92 Å². The standard InChI is InChI=1S/C11H23N3O2/c1-8-6-14(2)5-4-10(8)13-11(15)9(12)7-16-3/h8-10H,4-7,12H2,1-3H3,(H,13,15). The Hall–Kier alpha value is -0.650. The van der Waals surface area contributed by atoms with E-state index in [1.807, 2.05) is 0 Å². The third-order valence-electron chi connectivity index (χ3n) is 3.12. The summed E-state index contributed by atoms with van der Waals surface area (Å²) in [7, 11) is 3.65. The molecule has 5 nitrogen and oxygen atoms in total. The van der Waals surface area contributed by atoms with Gasteiger partial charge in [-0.15, -0.1) is 0 Å². The highest BCUT2D eigenvalue weighted by molar-refractivity contribution is 5.81. The Morgan fingerprint density at radius 3 is 2.94 bits per heavy atom. The van der Waals surface area contributed by atoms with Crippen molar-refractivity contribution in [2.24, 2.45) is 11.7 Å².